The molecule has 3 atom stereocenters. The molecule has 0 aliphatic heterocycles. The van der Waals surface area contributed by atoms with Crippen molar-refractivity contribution in [1.82, 2.24) is 5.32 Å². The van der Waals surface area contributed by atoms with Crippen LogP contribution in [0, 0.1) is 0 Å². The Morgan fingerprint density at radius 3 is 1.28 bits per heavy atom. The molecule has 0 radical (unpaired) electrons. The molecule has 3 N–H and O–H groups in total. The summed E-state index contributed by atoms with van der Waals surface area (Å²) < 4.78 is 5.94. The van der Waals surface area contributed by atoms with Gasteiger partial charge in [0.25, 0.3) is 0 Å². The lowest BCUT2D eigenvalue weighted by molar-refractivity contribution is -0.151. The Labute approximate surface area is 398 Å². The summed E-state index contributed by atoms with van der Waals surface area (Å²) in [5, 5.41) is 23.9. The largest absolute Gasteiger partial charge is 0.462 e. The van der Waals surface area contributed by atoms with Crippen LogP contribution >= 0.6 is 0 Å². The molecule has 0 saturated heterocycles. The topological polar surface area (TPSA) is 95.9 Å². The number of hydrogen-bond donors (Lipinski definition) is 3. The summed E-state index contributed by atoms with van der Waals surface area (Å²) in [6, 6.07) is -0.705. The van der Waals surface area contributed by atoms with Gasteiger partial charge in [0.1, 0.15) is 6.10 Å². The average Bonchev–Trinajstić information content (AvgIpc) is 3.29. The van der Waals surface area contributed by atoms with Crippen LogP contribution in [0.5, 0.6) is 0 Å². The molecule has 0 aromatic carbocycles. The SMILES string of the molecule is CC/C=C/C/C=C/CCCCCCCC(CC(=O)NC(CO)C(O)CCCCCCCCCCCCCCCCCC)OC(=O)CCCCCCCCC/C=C/CCCCCCCC. The third kappa shape index (κ3) is 46.6. The first-order chi connectivity index (χ1) is 31.5. The highest BCUT2D eigenvalue weighted by Crippen LogP contribution is 2.18. The van der Waals surface area contributed by atoms with Gasteiger partial charge in [-0.1, -0.05) is 243 Å². The second-order valence-electron chi connectivity index (χ2n) is 19.3. The van der Waals surface area contributed by atoms with Crippen LogP contribution in [0.25, 0.3) is 0 Å². The summed E-state index contributed by atoms with van der Waals surface area (Å²) >= 11 is 0. The molecule has 0 fully saturated rings. The zero-order chi connectivity index (χ0) is 46.7. The molecule has 0 aliphatic rings. The number of ether oxygens (including phenoxy) is 1. The van der Waals surface area contributed by atoms with E-state index in [0.29, 0.717) is 19.3 Å². The van der Waals surface area contributed by atoms with E-state index in [2.05, 4.69) is 62.5 Å². The average molecular weight is 901 g/mol. The molecule has 0 bridgehead atoms. The highest BCUT2D eigenvalue weighted by Gasteiger charge is 2.24. The molecule has 6 heteroatoms. The third-order valence-corrected chi connectivity index (χ3v) is 13.0. The van der Waals surface area contributed by atoms with Gasteiger partial charge in [-0.25, -0.2) is 0 Å². The van der Waals surface area contributed by atoms with Gasteiger partial charge in [0.2, 0.25) is 5.91 Å². The summed E-state index contributed by atoms with van der Waals surface area (Å²) in [4.78, 5) is 26.2. The maximum Gasteiger partial charge on any atom is 0.306 e. The van der Waals surface area contributed by atoms with Crippen LogP contribution in [0.3, 0.4) is 0 Å². The summed E-state index contributed by atoms with van der Waals surface area (Å²) in [5.74, 6) is -0.481. The lowest BCUT2D eigenvalue weighted by Gasteiger charge is -2.24. The van der Waals surface area contributed by atoms with E-state index in [0.717, 1.165) is 70.6 Å². The van der Waals surface area contributed by atoms with Gasteiger partial charge in [-0.2, -0.15) is 0 Å². The number of aliphatic hydroxyl groups excluding tert-OH is 2. The summed E-state index contributed by atoms with van der Waals surface area (Å²) in [5.41, 5.74) is 0. The minimum Gasteiger partial charge on any atom is -0.462 e. The molecular weight excluding hydrogens is 791 g/mol. The predicted octanol–water partition coefficient (Wildman–Crippen LogP) is 17.2. The van der Waals surface area contributed by atoms with Crippen LogP contribution in [0.2, 0.25) is 0 Å². The lowest BCUT2D eigenvalue weighted by atomic mass is 10.0. The standard InChI is InChI=1S/C58H109NO5/c1-4-7-10-13-16-19-22-25-27-29-31-33-36-39-42-45-48-51-58(63)64-54(49-46-43-40-37-34-24-21-18-15-12-9-6-3)52-57(62)59-55(53-60)56(61)50-47-44-41-38-35-32-30-28-26-23-20-17-14-11-8-5-2/h9,12,18,21,25,27,54-56,60-61H,4-8,10-11,13-17,19-20,22-24,26,28-53H2,1-3H3,(H,59,62)/b12-9+,21-18+,27-25+. The van der Waals surface area contributed by atoms with Crippen LogP contribution in [0.1, 0.15) is 297 Å². The number of aliphatic hydroxyl groups is 2. The van der Waals surface area contributed by atoms with Crippen molar-refractivity contribution in [1.29, 1.82) is 0 Å². The van der Waals surface area contributed by atoms with Gasteiger partial charge in [-0.3, -0.25) is 9.59 Å². The molecule has 0 spiro atoms. The van der Waals surface area contributed by atoms with Crippen molar-refractivity contribution in [2.75, 3.05) is 6.61 Å². The van der Waals surface area contributed by atoms with Crippen molar-refractivity contribution in [2.24, 2.45) is 0 Å². The Morgan fingerprint density at radius 2 is 0.844 bits per heavy atom. The predicted molar refractivity (Wildman–Crippen MR) is 278 cm³/mol. The van der Waals surface area contributed by atoms with Gasteiger partial charge < -0.3 is 20.3 Å². The van der Waals surface area contributed by atoms with Gasteiger partial charge in [0.15, 0.2) is 0 Å². The van der Waals surface area contributed by atoms with E-state index in [1.165, 1.54) is 180 Å². The van der Waals surface area contributed by atoms with E-state index in [1.807, 2.05) is 0 Å². The van der Waals surface area contributed by atoms with Crippen LogP contribution < -0.4 is 5.32 Å². The normalized spacial score (nSPS) is 13.4. The number of carbonyl (C=O) groups is 2. The van der Waals surface area contributed by atoms with E-state index >= 15 is 0 Å². The fourth-order valence-corrected chi connectivity index (χ4v) is 8.70. The first-order valence-corrected chi connectivity index (χ1v) is 28.2. The van der Waals surface area contributed by atoms with Crippen molar-refractivity contribution in [2.45, 2.75) is 315 Å². The van der Waals surface area contributed by atoms with Gasteiger partial charge in [-0.15, -0.1) is 0 Å². The molecule has 0 heterocycles. The Morgan fingerprint density at radius 1 is 0.469 bits per heavy atom. The number of hydrogen-bond acceptors (Lipinski definition) is 5. The van der Waals surface area contributed by atoms with Crippen LogP contribution in [0.15, 0.2) is 36.5 Å². The van der Waals surface area contributed by atoms with E-state index in [9.17, 15) is 19.8 Å². The number of allylic oxidation sites excluding steroid dienone is 6. The fraction of sp³-hybridized carbons (Fsp3) is 0.862. The molecule has 0 rings (SSSR count). The molecule has 376 valence electrons. The van der Waals surface area contributed by atoms with Crippen molar-refractivity contribution in [3.8, 4) is 0 Å². The number of carbonyl (C=O) groups excluding carboxylic acids is 2. The summed E-state index contributed by atoms with van der Waals surface area (Å²) in [6.45, 7) is 6.40. The number of esters is 1. The number of nitrogens with one attached hydrogen (secondary N) is 1. The maximum absolute atomic E-state index is 13.2. The van der Waals surface area contributed by atoms with Crippen molar-refractivity contribution in [3.63, 3.8) is 0 Å². The maximum atomic E-state index is 13.2. The fourth-order valence-electron chi connectivity index (χ4n) is 8.70. The Hall–Kier alpha value is -1.92. The van der Waals surface area contributed by atoms with Gasteiger partial charge >= 0.3 is 5.97 Å². The van der Waals surface area contributed by atoms with E-state index in [1.54, 1.807) is 0 Å². The van der Waals surface area contributed by atoms with Crippen molar-refractivity contribution in [3.05, 3.63) is 36.5 Å². The smallest absolute Gasteiger partial charge is 0.306 e. The molecule has 1 amide bonds. The molecule has 3 unspecified atom stereocenters. The molecule has 6 nitrogen and oxygen atoms in total. The van der Waals surface area contributed by atoms with Gasteiger partial charge in [0.05, 0.1) is 25.2 Å². The van der Waals surface area contributed by atoms with Crippen molar-refractivity contribution < 1.29 is 24.5 Å². The molecule has 64 heavy (non-hydrogen) atoms. The minimum atomic E-state index is -0.791. The number of rotatable bonds is 51. The van der Waals surface area contributed by atoms with Crippen LogP contribution in [-0.2, 0) is 14.3 Å². The molecule has 0 aromatic rings. The minimum absolute atomic E-state index is 0.0690. The second-order valence-corrected chi connectivity index (χ2v) is 19.3. The van der Waals surface area contributed by atoms with Crippen molar-refractivity contribution >= 4 is 11.9 Å². The first kappa shape index (κ1) is 62.1. The van der Waals surface area contributed by atoms with Crippen LogP contribution in [0.4, 0.5) is 0 Å². The first-order valence-electron chi connectivity index (χ1n) is 28.2. The summed E-state index contributed by atoms with van der Waals surface area (Å²) in [6.07, 6.45) is 62.1. The molecule has 0 aliphatic carbocycles. The third-order valence-electron chi connectivity index (χ3n) is 13.0. The van der Waals surface area contributed by atoms with E-state index in [4.69, 9.17) is 4.74 Å². The monoisotopic (exact) mass is 900 g/mol. The highest BCUT2D eigenvalue weighted by atomic mass is 16.5. The van der Waals surface area contributed by atoms with Gasteiger partial charge in [0, 0.05) is 6.42 Å². The molecule has 0 saturated carbocycles. The van der Waals surface area contributed by atoms with Crippen LogP contribution in [-0.4, -0.2) is 46.9 Å². The zero-order valence-electron chi connectivity index (χ0n) is 42.9. The van der Waals surface area contributed by atoms with E-state index in [-0.39, 0.29) is 24.9 Å². The zero-order valence-corrected chi connectivity index (χ0v) is 42.9. The molecular formula is C58H109NO5. The second kappa shape index (κ2) is 52.1. The Kier molecular flexibility index (Phi) is 50.5. The quantitative estimate of drug-likeness (QED) is 0.0321. The lowest BCUT2D eigenvalue weighted by Crippen LogP contribution is -2.46. The number of amides is 1. The van der Waals surface area contributed by atoms with Gasteiger partial charge in [-0.05, 0) is 77.0 Å². The number of unbranched alkanes of at least 4 members (excludes halogenated alkanes) is 33. The molecule has 0 aromatic heterocycles. The summed E-state index contributed by atoms with van der Waals surface area (Å²) in [7, 11) is 0. The van der Waals surface area contributed by atoms with E-state index < -0.39 is 18.2 Å². The Balaban J connectivity index is 4.49. The Bertz CT molecular complexity index is 1060. The highest BCUT2D eigenvalue weighted by molar-refractivity contribution is 5.77.